The summed E-state index contributed by atoms with van der Waals surface area (Å²) in [6.07, 6.45) is 0.619. The van der Waals surface area contributed by atoms with Crippen LogP contribution in [0.4, 0.5) is 11.4 Å². The molecule has 1 atom stereocenters. The fourth-order valence-corrected chi connectivity index (χ4v) is 4.11. The van der Waals surface area contributed by atoms with Gasteiger partial charge in [0, 0.05) is 12.5 Å². The van der Waals surface area contributed by atoms with Gasteiger partial charge in [-0.3, -0.25) is 14.9 Å². The first-order chi connectivity index (χ1) is 11.1. The molecule has 0 spiro atoms. The van der Waals surface area contributed by atoms with Crippen LogP contribution in [0.3, 0.4) is 0 Å². The molecule has 0 aliphatic carbocycles. The fraction of sp³-hybridized carbons (Fsp3) is 0.588. The second-order valence-corrected chi connectivity index (χ2v) is 9.95. The van der Waals surface area contributed by atoms with Crippen LogP contribution >= 0.6 is 0 Å². The fourth-order valence-electron chi connectivity index (χ4n) is 2.96. The minimum atomic E-state index is -1.28. The minimum Gasteiger partial charge on any atom is -0.415 e. The van der Waals surface area contributed by atoms with Crippen molar-refractivity contribution in [2.45, 2.75) is 52.8 Å². The molecule has 2 rings (SSSR count). The number of carbonyl (C=O) groups is 1. The Labute approximate surface area is 144 Å². The Morgan fingerprint density at radius 1 is 1.33 bits per heavy atom. The molecule has 1 aliphatic rings. The standard InChI is InChI=1S/C17H26N2O4Si/c1-17(2,3)15(23-24(4)5)11-18-13-7-6-8-14(19(21)22)12(13)9-10-16(18)20/h6-8,15,24H,9-11H2,1-5H3. The SMILES string of the molecule is C[SiH](C)OC(CN1C(=O)CCc2c1cccc2[N+](=O)[O-])C(C)(C)C. The quantitative estimate of drug-likeness (QED) is 0.464. The average Bonchev–Trinajstić information content (AvgIpc) is 2.46. The number of amides is 1. The lowest BCUT2D eigenvalue weighted by molar-refractivity contribution is -0.385. The highest BCUT2D eigenvalue weighted by atomic mass is 28.3. The zero-order valence-corrected chi connectivity index (χ0v) is 16.2. The normalized spacial score (nSPS) is 16.2. The van der Waals surface area contributed by atoms with Crippen LogP contribution < -0.4 is 4.90 Å². The summed E-state index contributed by atoms with van der Waals surface area (Å²) in [6.45, 7) is 10.9. The summed E-state index contributed by atoms with van der Waals surface area (Å²) in [7, 11) is -1.28. The van der Waals surface area contributed by atoms with Crippen LogP contribution in [-0.4, -0.2) is 32.5 Å². The van der Waals surface area contributed by atoms with Gasteiger partial charge in [0.15, 0.2) is 9.04 Å². The van der Waals surface area contributed by atoms with Crippen molar-refractivity contribution in [2.24, 2.45) is 5.41 Å². The number of hydrogen-bond donors (Lipinski definition) is 0. The largest absolute Gasteiger partial charge is 0.415 e. The van der Waals surface area contributed by atoms with Gasteiger partial charge >= 0.3 is 0 Å². The number of benzene rings is 1. The Hall–Kier alpha value is -1.73. The monoisotopic (exact) mass is 350 g/mol. The predicted octanol–water partition coefficient (Wildman–Crippen LogP) is 3.29. The molecule has 0 bridgehead atoms. The van der Waals surface area contributed by atoms with E-state index in [4.69, 9.17) is 4.43 Å². The molecule has 1 unspecified atom stereocenters. The van der Waals surface area contributed by atoms with Gasteiger partial charge in [0.05, 0.1) is 28.8 Å². The van der Waals surface area contributed by atoms with Crippen molar-refractivity contribution in [3.8, 4) is 0 Å². The lowest BCUT2D eigenvalue weighted by atomic mass is 9.88. The van der Waals surface area contributed by atoms with Crippen molar-refractivity contribution in [1.82, 2.24) is 0 Å². The van der Waals surface area contributed by atoms with E-state index in [-0.39, 0.29) is 28.0 Å². The smallest absolute Gasteiger partial charge is 0.274 e. The number of nitro benzene ring substituents is 1. The van der Waals surface area contributed by atoms with E-state index in [0.29, 0.717) is 30.6 Å². The maximum absolute atomic E-state index is 12.5. The number of fused-ring (bicyclic) bond motifs is 1. The molecule has 132 valence electrons. The van der Waals surface area contributed by atoms with Crippen LogP contribution in [0.15, 0.2) is 18.2 Å². The number of nitrogens with zero attached hydrogens (tertiary/aromatic N) is 2. The third kappa shape index (κ3) is 4.02. The van der Waals surface area contributed by atoms with E-state index < -0.39 is 9.04 Å². The maximum Gasteiger partial charge on any atom is 0.274 e. The van der Waals surface area contributed by atoms with E-state index in [1.807, 2.05) is 0 Å². The minimum absolute atomic E-state index is 0.00581. The lowest BCUT2D eigenvalue weighted by Crippen LogP contribution is -2.47. The molecule has 6 nitrogen and oxygen atoms in total. The van der Waals surface area contributed by atoms with Gasteiger partial charge in [0.1, 0.15) is 0 Å². The Kier molecular flexibility index (Phi) is 5.44. The van der Waals surface area contributed by atoms with Crippen molar-refractivity contribution in [3.05, 3.63) is 33.9 Å². The number of rotatable bonds is 5. The van der Waals surface area contributed by atoms with Crippen LogP contribution in [0.5, 0.6) is 0 Å². The van der Waals surface area contributed by atoms with E-state index in [2.05, 4.69) is 33.9 Å². The van der Waals surface area contributed by atoms with Crippen LogP contribution in [-0.2, 0) is 15.6 Å². The predicted molar refractivity (Wildman–Crippen MR) is 97.0 cm³/mol. The van der Waals surface area contributed by atoms with E-state index in [1.165, 1.54) is 6.07 Å². The second-order valence-electron chi connectivity index (χ2n) is 7.58. The molecule has 1 amide bonds. The van der Waals surface area contributed by atoms with Crippen LogP contribution in [0.1, 0.15) is 32.8 Å². The summed E-state index contributed by atoms with van der Waals surface area (Å²) >= 11 is 0. The molecular formula is C17H26N2O4Si. The first kappa shape index (κ1) is 18.6. The van der Waals surface area contributed by atoms with E-state index in [1.54, 1.807) is 17.0 Å². The first-order valence-corrected chi connectivity index (χ1v) is 11.1. The average molecular weight is 350 g/mol. The van der Waals surface area contributed by atoms with Gasteiger partial charge in [-0.15, -0.1) is 0 Å². The molecule has 0 N–H and O–H groups in total. The number of carbonyl (C=O) groups excluding carboxylic acids is 1. The Morgan fingerprint density at radius 3 is 2.54 bits per heavy atom. The van der Waals surface area contributed by atoms with Crippen LogP contribution in [0.2, 0.25) is 13.1 Å². The first-order valence-electron chi connectivity index (χ1n) is 8.33. The number of anilines is 1. The zero-order chi connectivity index (χ0) is 18.1. The molecule has 1 heterocycles. The Bertz CT molecular complexity index is 640. The summed E-state index contributed by atoms with van der Waals surface area (Å²) in [6, 6.07) is 4.95. The van der Waals surface area contributed by atoms with Crippen molar-refractivity contribution in [2.75, 3.05) is 11.4 Å². The molecule has 1 aliphatic heterocycles. The van der Waals surface area contributed by atoms with Crippen molar-refractivity contribution < 1.29 is 14.1 Å². The summed E-state index contributed by atoms with van der Waals surface area (Å²) < 4.78 is 6.17. The molecule has 0 aromatic heterocycles. The molecule has 0 saturated carbocycles. The maximum atomic E-state index is 12.5. The second kappa shape index (κ2) is 7.02. The molecule has 0 radical (unpaired) electrons. The van der Waals surface area contributed by atoms with E-state index in [9.17, 15) is 14.9 Å². The van der Waals surface area contributed by atoms with Gasteiger partial charge in [0.2, 0.25) is 5.91 Å². The molecular weight excluding hydrogens is 324 g/mol. The van der Waals surface area contributed by atoms with Crippen molar-refractivity contribution in [3.63, 3.8) is 0 Å². The topological polar surface area (TPSA) is 72.7 Å². The molecule has 24 heavy (non-hydrogen) atoms. The van der Waals surface area contributed by atoms with Crippen LogP contribution in [0, 0.1) is 15.5 Å². The zero-order valence-electron chi connectivity index (χ0n) is 15.0. The molecule has 1 aromatic carbocycles. The molecule has 0 fully saturated rings. The summed E-state index contributed by atoms with van der Waals surface area (Å²) in [5.41, 5.74) is 1.28. The lowest BCUT2D eigenvalue weighted by Gasteiger charge is -2.38. The van der Waals surface area contributed by atoms with E-state index >= 15 is 0 Å². The van der Waals surface area contributed by atoms with Gasteiger partial charge in [-0.05, 0) is 31.0 Å². The van der Waals surface area contributed by atoms with Gasteiger partial charge in [-0.25, -0.2) is 0 Å². The van der Waals surface area contributed by atoms with E-state index in [0.717, 1.165) is 0 Å². The van der Waals surface area contributed by atoms with Gasteiger partial charge < -0.3 is 9.33 Å². The van der Waals surface area contributed by atoms with Gasteiger partial charge in [-0.1, -0.05) is 26.8 Å². The highest BCUT2D eigenvalue weighted by Gasteiger charge is 2.35. The third-order valence-corrected chi connectivity index (χ3v) is 5.13. The number of hydrogen-bond acceptors (Lipinski definition) is 4. The van der Waals surface area contributed by atoms with Crippen LogP contribution in [0.25, 0.3) is 0 Å². The molecule has 0 saturated heterocycles. The third-order valence-electron chi connectivity index (χ3n) is 4.25. The highest BCUT2D eigenvalue weighted by Crippen LogP contribution is 2.36. The van der Waals surface area contributed by atoms with Crippen molar-refractivity contribution >= 4 is 26.3 Å². The van der Waals surface area contributed by atoms with Gasteiger partial charge in [-0.2, -0.15) is 0 Å². The molecule has 7 heteroatoms. The van der Waals surface area contributed by atoms with Crippen molar-refractivity contribution in [1.29, 1.82) is 0 Å². The summed E-state index contributed by atoms with van der Waals surface area (Å²) in [5, 5.41) is 11.3. The molecule has 1 aromatic rings. The summed E-state index contributed by atoms with van der Waals surface area (Å²) in [5.74, 6) is 0.00581. The highest BCUT2D eigenvalue weighted by molar-refractivity contribution is 6.48. The Morgan fingerprint density at radius 2 is 2.00 bits per heavy atom. The Balaban J connectivity index is 2.39. The summed E-state index contributed by atoms with van der Waals surface area (Å²) in [4.78, 5) is 25.1. The van der Waals surface area contributed by atoms with Gasteiger partial charge in [0.25, 0.3) is 5.69 Å². The number of nitro groups is 1.